The Morgan fingerprint density at radius 2 is 1.88 bits per heavy atom. The Balaban J connectivity index is 2.54. The molecule has 0 radical (unpaired) electrons. The molecule has 17 heavy (non-hydrogen) atoms. The minimum Gasteiger partial charge on any atom is -0.296 e. The van der Waals surface area contributed by atoms with Gasteiger partial charge in [0.2, 0.25) is 0 Å². The van der Waals surface area contributed by atoms with Crippen LogP contribution in [-0.2, 0) is 0 Å². The molecule has 0 spiro atoms. The molecule has 1 aromatic rings. The molecule has 0 aliphatic carbocycles. The SMILES string of the molecule is CCCCN(CC)CC(=O)c1ccc(Br)cc1. The van der Waals surface area contributed by atoms with Crippen LogP contribution in [0.3, 0.4) is 0 Å². The lowest BCUT2D eigenvalue weighted by atomic mass is 10.1. The number of Topliss-reactive ketones (excluding diaryl/α,β-unsaturated/α-hetero) is 1. The predicted octanol–water partition coefficient (Wildman–Crippen LogP) is 3.75. The van der Waals surface area contributed by atoms with E-state index in [1.54, 1.807) is 0 Å². The van der Waals surface area contributed by atoms with E-state index in [1.165, 1.54) is 6.42 Å². The van der Waals surface area contributed by atoms with Crippen molar-refractivity contribution in [2.24, 2.45) is 0 Å². The van der Waals surface area contributed by atoms with Gasteiger partial charge >= 0.3 is 0 Å². The Bertz CT molecular complexity index is 348. The topological polar surface area (TPSA) is 20.3 Å². The summed E-state index contributed by atoms with van der Waals surface area (Å²) in [4.78, 5) is 14.2. The zero-order valence-corrected chi connectivity index (χ0v) is 12.2. The fraction of sp³-hybridized carbons (Fsp3) is 0.500. The highest BCUT2D eigenvalue weighted by Gasteiger charge is 2.10. The van der Waals surface area contributed by atoms with E-state index in [0.29, 0.717) is 6.54 Å². The summed E-state index contributed by atoms with van der Waals surface area (Å²) in [6.45, 7) is 6.74. The van der Waals surface area contributed by atoms with Crippen molar-refractivity contribution < 1.29 is 4.79 Å². The third-order valence-electron chi connectivity index (χ3n) is 2.81. The third kappa shape index (κ3) is 5.00. The molecule has 0 heterocycles. The molecule has 0 fully saturated rings. The highest BCUT2D eigenvalue weighted by molar-refractivity contribution is 9.10. The maximum Gasteiger partial charge on any atom is 0.176 e. The number of unbranched alkanes of at least 4 members (excludes halogenated alkanes) is 1. The second-order valence-electron chi connectivity index (χ2n) is 4.15. The minimum absolute atomic E-state index is 0.204. The normalized spacial score (nSPS) is 10.8. The van der Waals surface area contributed by atoms with E-state index < -0.39 is 0 Å². The van der Waals surface area contributed by atoms with Crippen LogP contribution in [0.15, 0.2) is 28.7 Å². The number of benzene rings is 1. The summed E-state index contributed by atoms with van der Waals surface area (Å²) in [5.74, 6) is 0.204. The zero-order chi connectivity index (χ0) is 12.7. The van der Waals surface area contributed by atoms with Crippen LogP contribution in [0.1, 0.15) is 37.0 Å². The molecule has 0 aromatic heterocycles. The molecule has 0 atom stereocenters. The minimum atomic E-state index is 0.204. The molecule has 2 nitrogen and oxygen atoms in total. The number of rotatable bonds is 7. The molecule has 0 unspecified atom stereocenters. The van der Waals surface area contributed by atoms with E-state index in [0.717, 1.165) is 29.5 Å². The molecule has 0 amide bonds. The van der Waals surface area contributed by atoms with Crippen LogP contribution in [0.25, 0.3) is 0 Å². The fourth-order valence-corrected chi connectivity index (χ4v) is 1.93. The van der Waals surface area contributed by atoms with Crippen LogP contribution in [0.4, 0.5) is 0 Å². The Labute approximate surface area is 112 Å². The number of hydrogen-bond donors (Lipinski definition) is 0. The third-order valence-corrected chi connectivity index (χ3v) is 3.34. The number of likely N-dealkylation sites (N-methyl/N-ethyl adjacent to an activating group) is 1. The lowest BCUT2D eigenvalue weighted by molar-refractivity contribution is 0.0933. The summed E-state index contributed by atoms with van der Waals surface area (Å²) >= 11 is 3.37. The van der Waals surface area contributed by atoms with Crippen molar-refractivity contribution in [1.29, 1.82) is 0 Å². The average Bonchev–Trinajstić information content (AvgIpc) is 2.35. The molecule has 0 aliphatic rings. The van der Waals surface area contributed by atoms with Gasteiger partial charge in [0, 0.05) is 10.0 Å². The van der Waals surface area contributed by atoms with E-state index in [9.17, 15) is 4.79 Å². The van der Waals surface area contributed by atoms with Crippen molar-refractivity contribution in [3.8, 4) is 0 Å². The molecule has 1 aromatic carbocycles. The first-order valence-corrected chi connectivity index (χ1v) is 6.97. The summed E-state index contributed by atoms with van der Waals surface area (Å²) in [6.07, 6.45) is 2.32. The van der Waals surface area contributed by atoms with Gasteiger partial charge in [0.1, 0.15) is 0 Å². The molecule has 0 N–H and O–H groups in total. The highest BCUT2D eigenvalue weighted by Crippen LogP contribution is 2.11. The lowest BCUT2D eigenvalue weighted by Gasteiger charge is -2.19. The average molecular weight is 298 g/mol. The van der Waals surface area contributed by atoms with Crippen LogP contribution in [0, 0.1) is 0 Å². The van der Waals surface area contributed by atoms with Crippen molar-refractivity contribution in [3.05, 3.63) is 34.3 Å². The summed E-state index contributed by atoms with van der Waals surface area (Å²) in [7, 11) is 0. The van der Waals surface area contributed by atoms with Crippen LogP contribution in [-0.4, -0.2) is 30.3 Å². The van der Waals surface area contributed by atoms with Gasteiger partial charge in [-0.05, 0) is 31.6 Å². The Morgan fingerprint density at radius 1 is 1.24 bits per heavy atom. The first kappa shape index (κ1) is 14.4. The molecular weight excluding hydrogens is 278 g/mol. The zero-order valence-electron chi connectivity index (χ0n) is 10.6. The lowest BCUT2D eigenvalue weighted by Crippen LogP contribution is -2.30. The van der Waals surface area contributed by atoms with Crippen molar-refractivity contribution in [3.63, 3.8) is 0 Å². The number of halogens is 1. The number of nitrogens with zero attached hydrogens (tertiary/aromatic N) is 1. The van der Waals surface area contributed by atoms with Gasteiger partial charge in [0.05, 0.1) is 6.54 Å². The molecule has 94 valence electrons. The molecule has 0 saturated carbocycles. The highest BCUT2D eigenvalue weighted by atomic mass is 79.9. The van der Waals surface area contributed by atoms with E-state index in [-0.39, 0.29) is 5.78 Å². The van der Waals surface area contributed by atoms with Gasteiger partial charge in [-0.3, -0.25) is 9.69 Å². The maximum absolute atomic E-state index is 12.0. The standard InChI is InChI=1S/C14H20BrNO/c1-3-5-10-16(4-2)11-14(17)12-6-8-13(15)9-7-12/h6-9H,3-5,10-11H2,1-2H3. The Hall–Kier alpha value is -0.670. The number of carbonyl (C=O) groups is 1. The van der Waals surface area contributed by atoms with Gasteiger partial charge in [-0.2, -0.15) is 0 Å². The van der Waals surface area contributed by atoms with Crippen LogP contribution in [0.5, 0.6) is 0 Å². The summed E-state index contributed by atoms with van der Waals surface area (Å²) < 4.78 is 1.01. The summed E-state index contributed by atoms with van der Waals surface area (Å²) in [5, 5.41) is 0. The molecule has 0 saturated heterocycles. The maximum atomic E-state index is 12.0. The van der Waals surface area contributed by atoms with Gasteiger partial charge in [0.25, 0.3) is 0 Å². The second-order valence-corrected chi connectivity index (χ2v) is 5.07. The number of hydrogen-bond acceptors (Lipinski definition) is 2. The number of ketones is 1. The predicted molar refractivity (Wildman–Crippen MR) is 75.5 cm³/mol. The number of carbonyl (C=O) groups excluding carboxylic acids is 1. The van der Waals surface area contributed by atoms with Crippen molar-refractivity contribution >= 4 is 21.7 Å². The van der Waals surface area contributed by atoms with Crippen molar-refractivity contribution in [2.75, 3.05) is 19.6 Å². The monoisotopic (exact) mass is 297 g/mol. The van der Waals surface area contributed by atoms with Gasteiger partial charge in [-0.25, -0.2) is 0 Å². The van der Waals surface area contributed by atoms with Gasteiger partial charge < -0.3 is 0 Å². The van der Waals surface area contributed by atoms with Crippen molar-refractivity contribution in [2.45, 2.75) is 26.7 Å². The van der Waals surface area contributed by atoms with Crippen molar-refractivity contribution in [1.82, 2.24) is 4.90 Å². The van der Waals surface area contributed by atoms with Crippen LogP contribution >= 0.6 is 15.9 Å². The van der Waals surface area contributed by atoms with Crippen LogP contribution < -0.4 is 0 Å². The van der Waals surface area contributed by atoms with E-state index in [1.807, 2.05) is 24.3 Å². The van der Waals surface area contributed by atoms with Gasteiger partial charge in [-0.15, -0.1) is 0 Å². The van der Waals surface area contributed by atoms with E-state index >= 15 is 0 Å². The summed E-state index contributed by atoms with van der Waals surface area (Å²) in [5.41, 5.74) is 0.795. The quantitative estimate of drug-likeness (QED) is 0.714. The van der Waals surface area contributed by atoms with Gasteiger partial charge in [0.15, 0.2) is 5.78 Å². The Morgan fingerprint density at radius 3 is 2.41 bits per heavy atom. The summed E-state index contributed by atoms with van der Waals surface area (Å²) in [6, 6.07) is 7.57. The molecule has 0 aliphatic heterocycles. The van der Waals surface area contributed by atoms with Crippen LogP contribution in [0.2, 0.25) is 0 Å². The first-order valence-electron chi connectivity index (χ1n) is 6.18. The molecule has 1 rings (SSSR count). The van der Waals surface area contributed by atoms with Gasteiger partial charge in [-0.1, -0.05) is 48.3 Å². The largest absolute Gasteiger partial charge is 0.296 e. The van der Waals surface area contributed by atoms with E-state index in [4.69, 9.17) is 0 Å². The first-order chi connectivity index (χ1) is 8.17. The van der Waals surface area contributed by atoms with E-state index in [2.05, 4.69) is 34.7 Å². The second kappa shape index (κ2) is 7.62. The fourth-order valence-electron chi connectivity index (χ4n) is 1.66. The molecule has 0 bridgehead atoms. The molecule has 3 heteroatoms. The Kier molecular flexibility index (Phi) is 6.45. The smallest absolute Gasteiger partial charge is 0.176 e. The molecular formula is C14H20BrNO.